The number of hydrogen-bond donors (Lipinski definition) is 2. The first-order chi connectivity index (χ1) is 7.97. The average Bonchev–Trinajstić information content (AvgIpc) is 2.30. The predicted molar refractivity (Wildman–Crippen MR) is 60.7 cm³/mol. The highest BCUT2D eigenvalue weighted by atomic mass is 19.2. The van der Waals surface area contributed by atoms with Gasteiger partial charge in [-0.3, -0.25) is 0 Å². The van der Waals surface area contributed by atoms with Gasteiger partial charge in [-0.05, 0) is 18.1 Å². The maximum absolute atomic E-state index is 13.3. The zero-order chi connectivity index (χ0) is 13.0. The normalized spacial score (nSPS) is 14.8. The summed E-state index contributed by atoms with van der Waals surface area (Å²) in [5.74, 6) is -2.23. The van der Waals surface area contributed by atoms with Gasteiger partial charge in [0, 0.05) is 6.04 Å². The van der Waals surface area contributed by atoms with Crippen LogP contribution in [-0.4, -0.2) is 23.9 Å². The van der Waals surface area contributed by atoms with Crippen molar-refractivity contribution in [3.05, 3.63) is 29.8 Å². The quantitative estimate of drug-likeness (QED) is 0.830. The number of hydrogen-bond acceptors (Lipinski definition) is 3. The van der Waals surface area contributed by atoms with E-state index in [4.69, 9.17) is 15.6 Å². The van der Waals surface area contributed by atoms with Gasteiger partial charge in [0.1, 0.15) is 6.10 Å². The van der Waals surface area contributed by atoms with Crippen LogP contribution in [0.15, 0.2) is 18.2 Å². The van der Waals surface area contributed by atoms with Gasteiger partial charge in [0.2, 0.25) is 5.82 Å². The van der Waals surface area contributed by atoms with Crippen molar-refractivity contribution >= 4 is 0 Å². The molecule has 0 spiro atoms. The third-order valence-electron chi connectivity index (χ3n) is 2.57. The first-order valence-corrected chi connectivity index (χ1v) is 5.44. The summed E-state index contributed by atoms with van der Waals surface area (Å²) < 4.78 is 31.5. The standard InChI is InChI=1S/C12H17F2NO2/c1-7(2)12(15)10(6-16)17-9-5-3-4-8(13)11(9)14/h3-5,7,10,12,16H,6,15H2,1-2H3. The van der Waals surface area contributed by atoms with Crippen LogP contribution in [0.1, 0.15) is 13.8 Å². The molecule has 3 N–H and O–H groups in total. The fourth-order valence-electron chi connectivity index (χ4n) is 1.40. The van der Waals surface area contributed by atoms with Gasteiger partial charge in [-0.2, -0.15) is 4.39 Å². The van der Waals surface area contributed by atoms with Crippen molar-refractivity contribution in [2.24, 2.45) is 11.7 Å². The molecular formula is C12H17F2NO2. The maximum atomic E-state index is 13.3. The molecule has 3 nitrogen and oxygen atoms in total. The van der Waals surface area contributed by atoms with E-state index < -0.39 is 23.8 Å². The van der Waals surface area contributed by atoms with Gasteiger partial charge in [-0.15, -0.1) is 0 Å². The molecule has 1 rings (SSSR count). The Kier molecular flexibility index (Phi) is 4.84. The van der Waals surface area contributed by atoms with Crippen LogP contribution in [0.2, 0.25) is 0 Å². The smallest absolute Gasteiger partial charge is 0.200 e. The molecule has 0 amide bonds. The average molecular weight is 245 g/mol. The largest absolute Gasteiger partial charge is 0.483 e. The number of halogens is 2. The fraction of sp³-hybridized carbons (Fsp3) is 0.500. The van der Waals surface area contributed by atoms with Crippen LogP contribution in [0.5, 0.6) is 5.75 Å². The molecule has 0 bridgehead atoms. The van der Waals surface area contributed by atoms with E-state index in [9.17, 15) is 8.78 Å². The highest BCUT2D eigenvalue weighted by Gasteiger charge is 2.23. The Morgan fingerprint density at radius 1 is 1.35 bits per heavy atom. The molecule has 0 aliphatic rings. The third-order valence-corrected chi connectivity index (χ3v) is 2.57. The minimum absolute atomic E-state index is 0.0590. The van der Waals surface area contributed by atoms with E-state index in [0.29, 0.717) is 0 Å². The Labute approximate surface area is 99.2 Å². The molecule has 0 saturated carbocycles. The highest BCUT2D eigenvalue weighted by Crippen LogP contribution is 2.21. The lowest BCUT2D eigenvalue weighted by molar-refractivity contribution is 0.0770. The zero-order valence-electron chi connectivity index (χ0n) is 9.86. The topological polar surface area (TPSA) is 55.5 Å². The van der Waals surface area contributed by atoms with E-state index in [0.717, 1.165) is 6.07 Å². The Morgan fingerprint density at radius 2 is 2.00 bits per heavy atom. The van der Waals surface area contributed by atoms with Gasteiger partial charge >= 0.3 is 0 Å². The minimum atomic E-state index is -1.07. The van der Waals surface area contributed by atoms with E-state index in [1.807, 2.05) is 13.8 Å². The van der Waals surface area contributed by atoms with E-state index >= 15 is 0 Å². The molecule has 2 unspecified atom stereocenters. The van der Waals surface area contributed by atoms with Crippen LogP contribution in [-0.2, 0) is 0 Å². The molecule has 0 aliphatic carbocycles. The van der Waals surface area contributed by atoms with Crippen molar-refractivity contribution < 1.29 is 18.6 Å². The summed E-state index contributed by atoms with van der Waals surface area (Å²) in [5.41, 5.74) is 5.81. The van der Waals surface area contributed by atoms with Crippen LogP contribution in [0.4, 0.5) is 8.78 Å². The predicted octanol–water partition coefficient (Wildman–Crippen LogP) is 1.69. The van der Waals surface area contributed by atoms with Crippen molar-refractivity contribution in [3.8, 4) is 5.75 Å². The Morgan fingerprint density at radius 3 is 2.53 bits per heavy atom. The molecule has 0 aromatic heterocycles. The van der Waals surface area contributed by atoms with Crippen LogP contribution in [0.3, 0.4) is 0 Å². The second-order valence-electron chi connectivity index (χ2n) is 4.21. The summed E-state index contributed by atoms with van der Waals surface area (Å²) in [5, 5.41) is 9.15. The second-order valence-corrected chi connectivity index (χ2v) is 4.21. The van der Waals surface area contributed by atoms with Crippen LogP contribution >= 0.6 is 0 Å². The number of ether oxygens (including phenoxy) is 1. The number of aliphatic hydroxyl groups is 1. The summed E-state index contributed by atoms with van der Waals surface area (Å²) in [6, 6.07) is 3.18. The van der Waals surface area contributed by atoms with Gasteiger partial charge in [-0.25, -0.2) is 4.39 Å². The SMILES string of the molecule is CC(C)C(N)C(CO)Oc1cccc(F)c1F. The lowest BCUT2D eigenvalue weighted by atomic mass is 10.00. The summed E-state index contributed by atoms with van der Waals surface area (Å²) in [6.07, 6.45) is -0.758. The zero-order valence-corrected chi connectivity index (χ0v) is 9.86. The first-order valence-electron chi connectivity index (χ1n) is 5.44. The van der Waals surface area contributed by atoms with E-state index in [1.54, 1.807) is 0 Å². The maximum Gasteiger partial charge on any atom is 0.200 e. The van der Waals surface area contributed by atoms with E-state index in [2.05, 4.69) is 0 Å². The van der Waals surface area contributed by atoms with Crippen molar-refractivity contribution in [3.63, 3.8) is 0 Å². The molecule has 1 aromatic rings. The molecule has 0 saturated heterocycles. The lowest BCUT2D eigenvalue weighted by Crippen LogP contribution is -2.45. The Hall–Kier alpha value is -1.20. The van der Waals surface area contributed by atoms with E-state index in [-0.39, 0.29) is 18.3 Å². The molecule has 0 heterocycles. The fourth-order valence-corrected chi connectivity index (χ4v) is 1.40. The summed E-state index contributed by atoms with van der Waals surface area (Å²) >= 11 is 0. The van der Waals surface area contributed by atoms with E-state index in [1.165, 1.54) is 12.1 Å². The third kappa shape index (κ3) is 3.38. The Balaban J connectivity index is 2.84. The van der Waals surface area contributed by atoms with Gasteiger partial charge in [0.15, 0.2) is 11.6 Å². The molecule has 0 fully saturated rings. The van der Waals surface area contributed by atoms with Crippen molar-refractivity contribution in [1.82, 2.24) is 0 Å². The molecule has 17 heavy (non-hydrogen) atoms. The number of aliphatic hydroxyl groups excluding tert-OH is 1. The van der Waals surface area contributed by atoms with Gasteiger partial charge < -0.3 is 15.6 Å². The summed E-state index contributed by atoms with van der Waals surface area (Å²) in [4.78, 5) is 0. The van der Waals surface area contributed by atoms with Crippen molar-refractivity contribution in [1.29, 1.82) is 0 Å². The van der Waals surface area contributed by atoms with Crippen LogP contribution < -0.4 is 10.5 Å². The Bertz CT molecular complexity index is 372. The van der Waals surface area contributed by atoms with Crippen LogP contribution in [0.25, 0.3) is 0 Å². The summed E-state index contributed by atoms with van der Waals surface area (Å²) in [7, 11) is 0. The van der Waals surface area contributed by atoms with Crippen molar-refractivity contribution in [2.75, 3.05) is 6.61 Å². The molecule has 96 valence electrons. The first kappa shape index (κ1) is 13.9. The number of benzene rings is 1. The molecule has 0 aliphatic heterocycles. The molecule has 2 atom stereocenters. The van der Waals surface area contributed by atoms with Crippen molar-refractivity contribution in [2.45, 2.75) is 26.0 Å². The monoisotopic (exact) mass is 245 g/mol. The number of nitrogens with two attached hydrogens (primary N) is 1. The van der Waals surface area contributed by atoms with Gasteiger partial charge in [0.25, 0.3) is 0 Å². The minimum Gasteiger partial charge on any atom is -0.483 e. The van der Waals surface area contributed by atoms with Gasteiger partial charge in [0.05, 0.1) is 6.61 Å². The molecular weight excluding hydrogens is 228 g/mol. The molecule has 1 aromatic carbocycles. The lowest BCUT2D eigenvalue weighted by Gasteiger charge is -2.26. The van der Waals surface area contributed by atoms with Crippen LogP contribution in [0, 0.1) is 17.6 Å². The molecule has 0 radical (unpaired) electrons. The molecule has 5 heteroatoms. The van der Waals surface area contributed by atoms with Gasteiger partial charge in [-0.1, -0.05) is 19.9 Å². The second kappa shape index (κ2) is 5.93. The number of rotatable bonds is 5. The highest BCUT2D eigenvalue weighted by molar-refractivity contribution is 5.25. The summed E-state index contributed by atoms with van der Waals surface area (Å²) in [6.45, 7) is 3.37.